The maximum absolute atomic E-state index is 13.0. The highest BCUT2D eigenvalue weighted by atomic mass is 32.3. The summed E-state index contributed by atoms with van der Waals surface area (Å²) in [6, 6.07) is 1.23. The molecule has 0 amide bonds. The highest BCUT2D eigenvalue weighted by Gasteiger charge is 2.41. The zero-order chi connectivity index (χ0) is 19.4. The molecule has 0 fully saturated rings. The van der Waals surface area contributed by atoms with E-state index in [1.807, 2.05) is 6.92 Å². The van der Waals surface area contributed by atoms with Crippen LogP contribution in [0.25, 0.3) is 0 Å². The van der Waals surface area contributed by atoms with Gasteiger partial charge in [0.2, 0.25) is 10.0 Å². The molecule has 0 unspecified atom stereocenters. The number of nitrogens with two attached hydrogens (primary N) is 1. The summed E-state index contributed by atoms with van der Waals surface area (Å²) < 4.78 is 49.4. The van der Waals surface area contributed by atoms with Crippen molar-refractivity contribution in [2.45, 2.75) is 52.3 Å². The molecule has 1 aromatic rings. The van der Waals surface area contributed by atoms with Gasteiger partial charge < -0.3 is 10.4 Å². The Kier molecular flexibility index (Phi) is 7.96. The normalized spacial score (nSPS) is 22.3. The zero-order valence-electron chi connectivity index (χ0n) is 14.7. The molecule has 11 heteroatoms. The van der Waals surface area contributed by atoms with Crippen LogP contribution in [0.2, 0.25) is 0 Å². The lowest BCUT2D eigenvalue weighted by molar-refractivity contribution is 0.322. The summed E-state index contributed by atoms with van der Waals surface area (Å²) in [5.41, 5.74) is 0.526. The molecular weight excluding hydrogens is 416 g/mol. The number of thiophene rings is 1. The summed E-state index contributed by atoms with van der Waals surface area (Å²) in [5.74, 6) is 1.43. The Bertz CT molecular complexity index is 804. The van der Waals surface area contributed by atoms with Crippen molar-refractivity contribution in [3.63, 3.8) is 0 Å². The van der Waals surface area contributed by atoms with Crippen LogP contribution in [-0.4, -0.2) is 51.8 Å². The summed E-state index contributed by atoms with van der Waals surface area (Å²) >= 11 is 2.35. The lowest BCUT2D eigenvalue weighted by Gasteiger charge is -2.30. The molecule has 0 saturated carbocycles. The van der Waals surface area contributed by atoms with Crippen LogP contribution in [0.1, 0.15) is 44.2 Å². The second kappa shape index (κ2) is 9.35. The molecule has 0 saturated heterocycles. The number of sulfone groups is 1. The molecule has 7 nitrogen and oxygen atoms in total. The fraction of sp³-hybridized carbons (Fsp3) is 0.733. The Labute approximate surface area is 163 Å². The first kappa shape index (κ1) is 22.1. The van der Waals surface area contributed by atoms with Crippen molar-refractivity contribution in [3.05, 3.63) is 11.6 Å². The predicted molar refractivity (Wildman–Crippen MR) is 106 cm³/mol. The summed E-state index contributed by atoms with van der Waals surface area (Å²) in [4.78, 5) is 0. The number of hydrogen-bond acceptors (Lipinski definition) is 8. The van der Waals surface area contributed by atoms with Gasteiger partial charge in [0.05, 0.1) is 11.9 Å². The molecule has 1 aliphatic heterocycles. The molecule has 1 aromatic heterocycles. The number of thioether (sulfide) groups is 1. The molecule has 4 N–H and O–H groups in total. The second-order valence-electron chi connectivity index (χ2n) is 6.24. The Hall–Kier alpha value is -0.170. The number of sulfonamides is 1. The molecule has 0 spiro atoms. The van der Waals surface area contributed by atoms with Crippen molar-refractivity contribution in [1.29, 1.82) is 0 Å². The third-order valence-electron chi connectivity index (χ3n) is 4.25. The smallest absolute Gasteiger partial charge is 0.247 e. The van der Waals surface area contributed by atoms with Crippen molar-refractivity contribution in [3.8, 4) is 0 Å². The van der Waals surface area contributed by atoms with E-state index < -0.39 is 25.1 Å². The molecule has 0 bridgehead atoms. The summed E-state index contributed by atoms with van der Waals surface area (Å²) in [5, 5.41) is 16.8. The molecular formula is C15H26N2O5S4. The molecule has 2 rings (SSSR count). The van der Waals surface area contributed by atoms with Gasteiger partial charge in [-0.2, -0.15) is 11.8 Å². The quantitative estimate of drug-likeness (QED) is 0.469. The zero-order valence-corrected chi connectivity index (χ0v) is 17.9. The van der Waals surface area contributed by atoms with E-state index in [0.717, 1.165) is 36.5 Å². The van der Waals surface area contributed by atoms with E-state index in [9.17, 15) is 16.8 Å². The maximum Gasteiger partial charge on any atom is 0.247 e. The topological polar surface area (TPSA) is 127 Å². The minimum Gasteiger partial charge on any atom is -0.396 e. The first-order valence-corrected chi connectivity index (χ1v) is 13.6. The van der Waals surface area contributed by atoms with Crippen molar-refractivity contribution >= 4 is 43.0 Å². The minimum absolute atomic E-state index is 0.103. The van der Waals surface area contributed by atoms with Crippen LogP contribution >= 0.6 is 23.1 Å². The van der Waals surface area contributed by atoms with Gasteiger partial charge in [-0.25, -0.2) is 22.0 Å². The van der Waals surface area contributed by atoms with Crippen molar-refractivity contribution in [1.82, 2.24) is 5.32 Å². The molecule has 0 aliphatic carbocycles. The van der Waals surface area contributed by atoms with Crippen LogP contribution in [0.4, 0.5) is 0 Å². The molecule has 2 heterocycles. The Balaban J connectivity index is 2.27. The van der Waals surface area contributed by atoms with Crippen LogP contribution in [-0.2, 0) is 19.9 Å². The van der Waals surface area contributed by atoms with Gasteiger partial charge >= 0.3 is 0 Å². The fourth-order valence-corrected chi connectivity index (χ4v) is 8.46. The molecule has 1 aliphatic rings. The van der Waals surface area contributed by atoms with E-state index in [1.54, 1.807) is 11.8 Å². The van der Waals surface area contributed by atoms with Crippen LogP contribution in [0, 0.1) is 0 Å². The average Bonchev–Trinajstić information content (AvgIpc) is 3.02. The summed E-state index contributed by atoms with van der Waals surface area (Å²) in [6.07, 6.45) is 2.58. The third-order valence-corrected chi connectivity index (χ3v) is 10.7. The van der Waals surface area contributed by atoms with Crippen molar-refractivity contribution in [2.75, 3.05) is 24.7 Å². The van der Waals surface area contributed by atoms with E-state index in [0.29, 0.717) is 24.2 Å². The largest absolute Gasteiger partial charge is 0.396 e. The molecule has 26 heavy (non-hydrogen) atoms. The Morgan fingerprint density at radius 1 is 1.42 bits per heavy atom. The lowest BCUT2D eigenvalue weighted by atomic mass is 10.0. The second-order valence-corrected chi connectivity index (χ2v) is 12.7. The summed E-state index contributed by atoms with van der Waals surface area (Å²) in [7, 11) is -7.51. The van der Waals surface area contributed by atoms with Crippen LogP contribution in [0.5, 0.6) is 0 Å². The number of hydrogen-bond donors (Lipinski definition) is 3. The van der Waals surface area contributed by atoms with Gasteiger partial charge in [-0.15, -0.1) is 11.3 Å². The monoisotopic (exact) mass is 442 g/mol. The number of aliphatic hydroxyl groups excluding tert-OH is 1. The maximum atomic E-state index is 13.0. The van der Waals surface area contributed by atoms with Gasteiger partial charge in [-0.3, -0.25) is 0 Å². The van der Waals surface area contributed by atoms with E-state index in [4.69, 9.17) is 10.2 Å². The Morgan fingerprint density at radius 2 is 2.15 bits per heavy atom. The summed E-state index contributed by atoms with van der Waals surface area (Å²) in [6.45, 7) is 2.86. The van der Waals surface area contributed by atoms with Crippen LogP contribution < -0.4 is 10.5 Å². The van der Waals surface area contributed by atoms with Gasteiger partial charge in [-0.1, -0.05) is 6.92 Å². The number of nitrogens with one attached hydrogen (secondary N) is 1. The van der Waals surface area contributed by atoms with Crippen molar-refractivity contribution in [2.24, 2.45) is 5.14 Å². The highest BCUT2D eigenvalue weighted by Crippen LogP contribution is 2.43. The number of aliphatic hydroxyl groups is 1. The number of primary sulfonamides is 1. The molecule has 150 valence electrons. The van der Waals surface area contributed by atoms with Crippen molar-refractivity contribution < 1.29 is 21.9 Å². The van der Waals surface area contributed by atoms with Crippen LogP contribution in [0.3, 0.4) is 0 Å². The van der Waals surface area contributed by atoms with Gasteiger partial charge in [0.25, 0.3) is 0 Å². The SMILES string of the molecule is CCCN[C@H]1C[C@H](CCCSCCO)S(=O)(=O)c2sc(S(N)(=O)=O)cc21. The Morgan fingerprint density at radius 3 is 2.77 bits per heavy atom. The number of rotatable bonds is 10. The van der Waals surface area contributed by atoms with Crippen LogP contribution in [0.15, 0.2) is 14.5 Å². The first-order valence-electron chi connectivity index (χ1n) is 8.54. The standard InChI is InChI=1S/C15H26N2O5S4/c1-2-5-17-13-9-11(4-3-7-23-8-6-18)25(19,20)15-12(13)10-14(24-15)26(16,21)22/h10-11,13,17-18H,2-9H2,1H3,(H2,16,21,22)/t11-,13-/m0/s1. The molecule has 2 atom stereocenters. The van der Waals surface area contributed by atoms with Gasteiger partial charge in [0, 0.05) is 17.4 Å². The third kappa shape index (κ3) is 5.21. The molecule has 0 aromatic carbocycles. The van der Waals surface area contributed by atoms with Gasteiger partial charge in [0.15, 0.2) is 9.84 Å². The molecule has 0 radical (unpaired) electrons. The minimum atomic E-state index is -3.94. The van der Waals surface area contributed by atoms with E-state index in [1.165, 1.54) is 6.07 Å². The lowest BCUT2D eigenvalue weighted by Crippen LogP contribution is -2.35. The van der Waals surface area contributed by atoms with E-state index in [2.05, 4.69) is 5.32 Å². The van der Waals surface area contributed by atoms with Gasteiger partial charge in [-0.05, 0) is 44.0 Å². The number of fused-ring (bicyclic) bond motifs is 1. The first-order chi connectivity index (χ1) is 12.2. The van der Waals surface area contributed by atoms with Gasteiger partial charge in [0.1, 0.15) is 8.42 Å². The predicted octanol–water partition coefficient (Wildman–Crippen LogP) is 1.49. The fourth-order valence-electron chi connectivity index (χ4n) is 3.00. The van der Waals surface area contributed by atoms with E-state index in [-0.39, 0.29) is 21.1 Å². The average molecular weight is 443 g/mol. The van der Waals surface area contributed by atoms with E-state index >= 15 is 0 Å². The highest BCUT2D eigenvalue weighted by molar-refractivity contribution is 7.99.